The van der Waals surface area contributed by atoms with E-state index >= 15 is 0 Å². The number of hydrogen-bond acceptors (Lipinski definition) is 2. The molecule has 2 fully saturated rings. The topological polar surface area (TPSA) is 46.5 Å². The summed E-state index contributed by atoms with van der Waals surface area (Å²) in [6.45, 7) is 1.61. The average molecular weight is 212 g/mol. The Hall–Kier alpha value is -0.570. The number of ether oxygens (including phenoxy) is 1. The van der Waals surface area contributed by atoms with Gasteiger partial charge in [-0.3, -0.25) is 4.79 Å². The molecule has 1 heterocycles. The lowest BCUT2D eigenvalue weighted by Gasteiger charge is -2.26. The van der Waals surface area contributed by atoms with Crippen molar-refractivity contribution >= 4 is 5.97 Å². The van der Waals surface area contributed by atoms with Crippen LogP contribution in [0, 0.1) is 17.8 Å². The zero-order chi connectivity index (χ0) is 10.7. The lowest BCUT2D eigenvalue weighted by atomic mass is 9.78. The molecule has 3 heteroatoms. The molecule has 15 heavy (non-hydrogen) atoms. The minimum atomic E-state index is -0.640. The van der Waals surface area contributed by atoms with E-state index in [-0.39, 0.29) is 0 Å². The largest absolute Gasteiger partial charge is 0.481 e. The van der Waals surface area contributed by atoms with E-state index in [1.165, 1.54) is 25.7 Å². The summed E-state index contributed by atoms with van der Waals surface area (Å²) in [4.78, 5) is 10.9. The van der Waals surface area contributed by atoms with Gasteiger partial charge in [-0.05, 0) is 24.2 Å². The fourth-order valence-electron chi connectivity index (χ4n) is 3.20. The third-order valence-electron chi connectivity index (χ3n) is 3.99. The standard InChI is InChI=1S/C12H20O3/c13-12(14)7-11(9-3-1-2-4-9)10-5-6-15-8-10/h9-11H,1-8H2,(H,13,14). The van der Waals surface area contributed by atoms with Crippen molar-refractivity contribution in [3.63, 3.8) is 0 Å². The molecule has 2 unspecified atom stereocenters. The van der Waals surface area contributed by atoms with Crippen molar-refractivity contribution in [2.24, 2.45) is 17.8 Å². The van der Waals surface area contributed by atoms with Crippen LogP contribution < -0.4 is 0 Å². The van der Waals surface area contributed by atoms with Gasteiger partial charge in [0, 0.05) is 19.6 Å². The van der Waals surface area contributed by atoms with Crippen LogP contribution in [0.1, 0.15) is 38.5 Å². The van der Waals surface area contributed by atoms with Gasteiger partial charge in [0.1, 0.15) is 0 Å². The van der Waals surface area contributed by atoms with Crippen LogP contribution in [-0.4, -0.2) is 24.3 Å². The summed E-state index contributed by atoms with van der Waals surface area (Å²) in [5.74, 6) is 0.878. The first kappa shape index (κ1) is 10.9. The van der Waals surface area contributed by atoms with Crippen molar-refractivity contribution in [3.05, 3.63) is 0 Å². The minimum Gasteiger partial charge on any atom is -0.481 e. The van der Waals surface area contributed by atoms with Crippen molar-refractivity contribution in [2.45, 2.75) is 38.5 Å². The molecule has 0 spiro atoms. The van der Waals surface area contributed by atoms with Gasteiger partial charge < -0.3 is 9.84 Å². The third-order valence-corrected chi connectivity index (χ3v) is 3.99. The molecule has 2 aliphatic rings. The van der Waals surface area contributed by atoms with Crippen LogP contribution in [0.25, 0.3) is 0 Å². The molecule has 2 rings (SSSR count). The molecule has 0 amide bonds. The molecule has 1 saturated carbocycles. The first-order valence-electron chi connectivity index (χ1n) is 6.07. The maximum absolute atomic E-state index is 10.9. The van der Waals surface area contributed by atoms with Crippen LogP contribution in [-0.2, 0) is 9.53 Å². The van der Waals surface area contributed by atoms with Gasteiger partial charge in [0.05, 0.1) is 0 Å². The van der Waals surface area contributed by atoms with Crippen molar-refractivity contribution in [1.29, 1.82) is 0 Å². The summed E-state index contributed by atoms with van der Waals surface area (Å²) in [7, 11) is 0. The molecule has 0 aromatic rings. The van der Waals surface area contributed by atoms with Crippen molar-refractivity contribution in [3.8, 4) is 0 Å². The van der Waals surface area contributed by atoms with Crippen LogP contribution in [0.2, 0.25) is 0 Å². The highest BCUT2D eigenvalue weighted by Gasteiger charge is 2.34. The molecule has 0 aromatic heterocycles. The Bertz CT molecular complexity index is 199. The van der Waals surface area contributed by atoms with Gasteiger partial charge in [-0.1, -0.05) is 25.7 Å². The summed E-state index contributed by atoms with van der Waals surface area (Å²) in [6, 6.07) is 0. The van der Waals surface area contributed by atoms with E-state index in [1.54, 1.807) is 0 Å². The number of carboxylic acid groups (broad SMARTS) is 1. The Labute approximate surface area is 90.8 Å². The normalized spacial score (nSPS) is 29.5. The Morgan fingerprint density at radius 2 is 2.00 bits per heavy atom. The van der Waals surface area contributed by atoms with Gasteiger partial charge in [-0.15, -0.1) is 0 Å². The predicted molar refractivity (Wildman–Crippen MR) is 56.6 cm³/mol. The van der Waals surface area contributed by atoms with E-state index in [0.717, 1.165) is 19.6 Å². The van der Waals surface area contributed by atoms with E-state index in [2.05, 4.69) is 0 Å². The molecule has 1 N–H and O–H groups in total. The molecule has 0 radical (unpaired) electrons. The maximum Gasteiger partial charge on any atom is 0.303 e. The van der Waals surface area contributed by atoms with Gasteiger partial charge in [0.25, 0.3) is 0 Å². The van der Waals surface area contributed by atoms with E-state index < -0.39 is 5.97 Å². The molecule has 1 aliphatic heterocycles. The van der Waals surface area contributed by atoms with Crippen LogP contribution >= 0.6 is 0 Å². The Morgan fingerprint density at radius 1 is 1.27 bits per heavy atom. The van der Waals surface area contributed by atoms with Crippen molar-refractivity contribution < 1.29 is 14.6 Å². The number of carboxylic acids is 1. The second-order valence-corrected chi connectivity index (χ2v) is 4.93. The molecule has 1 aliphatic carbocycles. The van der Waals surface area contributed by atoms with E-state index in [4.69, 9.17) is 9.84 Å². The predicted octanol–water partition coefficient (Wildman–Crippen LogP) is 2.30. The summed E-state index contributed by atoms with van der Waals surface area (Å²) in [5.41, 5.74) is 0. The average Bonchev–Trinajstić information content (AvgIpc) is 2.87. The fourth-order valence-corrected chi connectivity index (χ4v) is 3.20. The highest BCUT2D eigenvalue weighted by Crippen LogP contribution is 2.39. The number of carbonyl (C=O) groups is 1. The second kappa shape index (κ2) is 4.97. The van der Waals surface area contributed by atoms with Crippen molar-refractivity contribution in [2.75, 3.05) is 13.2 Å². The lowest BCUT2D eigenvalue weighted by Crippen LogP contribution is -2.25. The monoisotopic (exact) mass is 212 g/mol. The van der Waals surface area contributed by atoms with Gasteiger partial charge in [-0.2, -0.15) is 0 Å². The molecular weight excluding hydrogens is 192 g/mol. The van der Waals surface area contributed by atoms with E-state index in [0.29, 0.717) is 24.2 Å². The van der Waals surface area contributed by atoms with Gasteiger partial charge in [0.15, 0.2) is 0 Å². The number of aliphatic carboxylic acids is 1. The highest BCUT2D eigenvalue weighted by atomic mass is 16.5. The molecule has 2 atom stereocenters. The zero-order valence-corrected chi connectivity index (χ0v) is 9.15. The van der Waals surface area contributed by atoms with Gasteiger partial charge in [0.2, 0.25) is 0 Å². The molecule has 86 valence electrons. The third kappa shape index (κ3) is 2.71. The first-order chi connectivity index (χ1) is 7.27. The SMILES string of the molecule is O=C(O)CC(C1CCCC1)C1CCOC1. The summed E-state index contributed by atoms with van der Waals surface area (Å²) < 4.78 is 5.39. The summed E-state index contributed by atoms with van der Waals surface area (Å²) >= 11 is 0. The molecule has 3 nitrogen and oxygen atoms in total. The molecule has 0 bridgehead atoms. The lowest BCUT2D eigenvalue weighted by molar-refractivity contribution is -0.139. The summed E-state index contributed by atoms with van der Waals surface area (Å²) in [5, 5.41) is 8.96. The first-order valence-corrected chi connectivity index (χ1v) is 6.07. The number of hydrogen-bond donors (Lipinski definition) is 1. The molecule has 1 saturated heterocycles. The van der Waals surface area contributed by atoms with Crippen LogP contribution in [0.5, 0.6) is 0 Å². The Kier molecular flexibility index (Phi) is 3.62. The van der Waals surface area contributed by atoms with Crippen molar-refractivity contribution in [1.82, 2.24) is 0 Å². The summed E-state index contributed by atoms with van der Waals surface area (Å²) in [6.07, 6.45) is 6.44. The Morgan fingerprint density at radius 3 is 2.53 bits per heavy atom. The smallest absolute Gasteiger partial charge is 0.303 e. The molecule has 0 aromatic carbocycles. The Balaban J connectivity index is 1.97. The van der Waals surface area contributed by atoms with Gasteiger partial charge >= 0.3 is 5.97 Å². The van der Waals surface area contributed by atoms with E-state index in [9.17, 15) is 4.79 Å². The second-order valence-electron chi connectivity index (χ2n) is 4.93. The van der Waals surface area contributed by atoms with E-state index in [1.807, 2.05) is 0 Å². The highest BCUT2D eigenvalue weighted by molar-refractivity contribution is 5.67. The quantitative estimate of drug-likeness (QED) is 0.777. The van der Waals surface area contributed by atoms with Crippen LogP contribution in [0.15, 0.2) is 0 Å². The maximum atomic E-state index is 10.9. The minimum absolute atomic E-state index is 0.346. The van der Waals surface area contributed by atoms with Gasteiger partial charge in [-0.25, -0.2) is 0 Å². The molecular formula is C12H20O3. The van der Waals surface area contributed by atoms with Crippen LogP contribution in [0.4, 0.5) is 0 Å². The fraction of sp³-hybridized carbons (Fsp3) is 0.917. The zero-order valence-electron chi connectivity index (χ0n) is 9.15. The van der Waals surface area contributed by atoms with Crippen LogP contribution in [0.3, 0.4) is 0 Å². The number of rotatable bonds is 4.